The lowest BCUT2D eigenvalue weighted by molar-refractivity contribution is -0.116. The van der Waals surface area contributed by atoms with Crippen LogP contribution in [0.3, 0.4) is 0 Å². The molecule has 1 amide bonds. The van der Waals surface area contributed by atoms with E-state index in [2.05, 4.69) is 23.2 Å². The summed E-state index contributed by atoms with van der Waals surface area (Å²) in [6.07, 6.45) is 6.47. The van der Waals surface area contributed by atoms with Crippen LogP contribution >= 0.6 is 0 Å². The van der Waals surface area contributed by atoms with Crippen LogP contribution in [-0.2, 0) is 11.2 Å². The van der Waals surface area contributed by atoms with Crippen molar-refractivity contribution in [2.75, 3.05) is 22.5 Å². The summed E-state index contributed by atoms with van der Waals surface area (Å²) >= 11 is 0. The van der Waals surface area contributed by atoms with Gasteiger partial charge in [-0.3, -0.25) is 4.79 Å². The largest absolute Gasteiger partial charge is 0.397 e. The first-order valence-corrected chi connectivity index (χ1v) is 7.64. The molecule has 1 aromatic rings. The number of carbonyl (C=O) groups is 1. The predicted molar refractivity (Wildman–Crippen MR) is 83.1 cm³/mol. The molecule has 4 heteroatoms. The van der Waals surface area contributed by atoms with Gasteiger partial charge in [0.25, 0.3) is 0 Å². The molecule has 1 fully saturated rings. The van der Waals surface area contributed by atoms with Crippen LogP contribution in [0.5, 0.6) is 0 Å². The molecule has 2 aliphatic heterocycles. The maximum absolute atomic E-state index is 11.5. The number of benzene rings is 1. The number of nitrogen functional groups attached to an aromatic ring is 1. The van der Waals surface area contributed by atoms with Crippen LogP contribution < -0.4 is 16.0 Å². The van der Waals surface area contributed by atoms with Crippen molar-refractivity contribution in [1.82, 2.24) is 0 Å². The molecule has 3 rings (SSSR count). The zero-order valence-electron chi connectivity index (χ0n) is 12.1. The molecule has 108 valence electrons. The summed E-state index contributed by atoms with van der Waals surface area (Å²) in [6.45, 7) is 3.36. The number of rotatable bonds is 1. The highest BCUT2D eigenvalue weighted by molar-refractivity contribution is 5.95. The normalized spacial score (nSPS) is 22.9. The Labute approximate surface area is 120 Å². The minimum atomic E-state index is 0.0905. The van der Waals surface area contributed by atoms with Crippen molar-refractivity contribution in [1.29, 1.82) is 0 Å². The highest BCUT2D eigenvalue weighted by atomic mass is 16.1. The fourth-order valence-electron chi connectivity index (χ4n) is 3.31. The summed E-state index contributed by atoms with van der Waals surface area (Å²) in [7, 11) is 0. The molecule has 20 heavy (non-hydrogen) atoms. The molecule has 2 heterocycles. The topological polar surface area (TPSA) is 58.4 Å². The predicted octanol–water partition coefficient (Wildman–Crippen LogP) is 2.92. The molecule has 4 nitrogen and oxygen atoms in total. The standard InChI is InChI=1S/C16H23N3O/c1-11-5-3-2-4-8-19(11)15-9-12-6-7-16(20)18-14(12)10-13(15)17/h9-11H,2-8,17H2,1H3,(H,18,20). The molecule has 0 radical (unpaired) electrons. The second-order valence-electron chi connectivity index (χ2n) is 6.01. The molecule has 0 aromatic heterocycles. The summed E-state index contributed by atoms with van der Waals surface area (Å²) in [5.41, 5.74) is 10.3. The number of anilines is 3. The van der Waals surface area contributed by atoms with Crippen molar-refractivity contribution in [3.8, 4) is 0 Å². The van der Waals surface area contributed by atoms with E-state index in [1.54, 1.807) is 0 Å². The Bertz CT molecular complexity index is 527. The van der Waals surface area contributed by atoms with E-state index < -0.39 is 0 Å². The maximum Gasteiger partial charge on any atom is 0.224 e. The number of hydrogen-bond donors (Lipinski definition) is 2. The van der Waals surface area contributed by atoms with Gasteiger partial charge in [-0.25, -0.2) is 0 Å². The van der Waals surface area contributed by atoms with Gasteiger partial charge in [-0.15, -0.1) is 0 Å². The molecular weight excluding hydrogens is 250 g/mol. The Balaban J connectivity index is 1.95. The van der Waals surface area contributed by atoms with Crippen molar-refractivity contribution in [3.05, 3.63) is 17.7 Å². The number of nitrogens with zero attached hydrogens (tertiary/aromatic N) is 1. The van der Waals surface area contributed by atoms with Gasteiger partial charge in [0, 0.05) is 24.7 Å². The molecular formula is C16H23N3O. The Morgan fingerprint density at radius 1 is 1.25 bits per heavy atom. The number of aryl methyl sites for hydroxylation is 1. The molecule has 1 unspecified atom stereocenters. The number of nitrogens with two attached hydrogens (primary N) is 1. The summed E-state index contributed by atoms with van der Waals surface area (Å²) in [5, 5.41) is 2.92. The van der Waals surface area contributed by atoms with Gasteiger partial charge in [0.1, 0.15) is 0 Å². The third-order valence-electron chi connectivity index (χ3n) is 4.51. The fraction of sp³-hybridized carbons (Fsp3) is 0.562. The van der Waals surface area contributed by atoms with E-state index in [1.165, 1.54) is 31.2 Å². The fourth-order valence-corrected chi connectivity index (χ4v) is 3.31. The molecule has 0 bridgehead atoms. The highest BCUT2D eigenvalue weighted by Gasteiger charge is 2.22. The number of fused-ring (bicyclic) bond motifs is 1. The van der Waals surface area contributed by atoms with Crippen molar-refractivity contribution in [2.24, 2.45) is 0 Å². The Morgan fingerprint density at radius 2 is 2.10 bits per heavy atom. The average Bonchev–Trinajstić information content (AvgIpc) is 2.63. The third kappa shape index (κ3) is 2.47. The van der Waals surface area contributed by atoms with Gasteiger partial charge in [0.2, 0.25) is 5.91 Å². The summed E-state index contributed by atoms with van der Waals surface area (Å²) in [4.78, 5) is 13.9. The smallest absolute Gasteiger partial charge is 0.224 e. The molecule has 3 N–H and O–H groups in total. The van der Waals surface area contributed by atoms with Gasteiger partial charge in [-0.1, -0.05) is 12.8 Å². The van der Waals surface area contributed by atoms with Gasteiger partial charge in [0.15, 0.2) is 0 Å². The van der Waals surface area contributed by atoms with Crippen LogP contribution in [0.4, 0.5) is 17.1 Å². The quantitative estimate of drug-likeness (QED) is 0.773. The highest BCUT2D eigenvalue weighted by Crippen LogP contribution is 2.35. The SMILES string of the molecule is CC1CCCCCN1c1cc2c(cc1N)NC(=O)CC2. The molecule has 0 saturated carbocycles. The van der Waals surface area contributed by atoms with Crippen molar-refractivity contribution in [3.63, 3.8) is 0 Å². The average molecular weight is 273 g/mol. The molecule has 0 aliphatic carbocycles. The van der Waals surface area contributed by atoms with Gasteiger partial charge < -0.3 is 16.0 Å². The summed E-state index contributed by atoms with van der Waals surface area (Å²) < 4.78 is 0. The first-order valence-electron chi connectivity index (χ1n) is 7.64. The Hall–Kier alpha value is -1.71. The lowest BCUT2D eigenvalue weighted by Gasteiger charge is -2.32. The summed E-state index contributed by atoms with van der Waals surface area (Å²) in [5.74, 6) is 0.0905. The van der Waals surface area contributed by atoms with Crippen molar-refractivity contribution >= 4 is 23.0 Å². The number of hydrogen-bond acceptors (Lipinski definition) is 3. The van der Waals surface area contributed by atoms with Crippen LogP contribution in [0.25, 0.3) is 0 Å². The lowest BCUT2D eigenvalue weighted by Crippen LogP contribution is -2.33. The van der Waals surface area contributed by atoms with Gasteiger partial charge in [-0.2, -0.15) is 0 Å². The number of carbonyl (C=O) groups excluding carboxylic acids is 1. The van der Waals surface area contributed by atoms with Gasteiger partial charge in [0.05, 0.1) is 11.4 Å². The Morgan fingerprint density at radius 3 is 2.95 bits per heavy atom. The van der Waals surface area contributed by atoms with Crippen molar-refractivity contribution < 1.29 is 4.79 Å². The third-order valence-corrected chi connectivity index (χ3v) is 4.51. The van der Waals surface area contributed by atoms with E-state index in [4.69, 9.17) is 5.73 Å². The first kappa shape index (κ1) is 13.3. The zero-order chi connectivity index (χ0) is 14.1. The van der Waals surface area contributed by atoms with Crippen LogP contribution in [0, 0.1) is 0 Å². The van der Waals surface area contributed by atoms with Gasteiger partial charge in [-0.05, 0) is 43.9 Å². The van der Waals surface area contributed by atoms with Crippen LogP contribution in [0.15, 0.2) is 12.1 Å². The summed E-state index contributed by atoms with van der Waals surface area (Å²) in [6, 6.07) is 4.65. The molecule has 0 spiro atoms. The molecule has 1 atom stereocenters. The monoisotopic (exact) mass is 273 g/mol. The van der Waals surface area contributed by atoms with Crippen molar-refractivity contribution in [2.45, 2.75) is 51.5 Å². The number of amides is 1. The van der Waals surface area contributed by atoms with E-state index in [-0.39, 0.29) is 5.91 Å². The van der Waals surface area contributed by atoms with E-state index in [1.807, 2.05) is 6.07 Å². The zero-order valence-corrected chi connectivity index (χ0v) is 12.1. The van der Waals surface area contributed by atoms with E-state index in [0.29, 0.717) is 12.5 Å². The second kappa shape index (κ2) is 5.35. The maximum atomic E-state index is 11.5. The number of nitrogens with one attached hydrogen (secondary N) is 1. The lowest BCUT2D eigenvalue weighted by atomic mass is 10.0. The first-order chi connectivity index (χ1) is 9.65. The second-order valence-corrected chi connectivity index (χ2v) is 6.01. The minimum Gasteiger partial charge on any atom is -0.397 e. The van der Waals surface area contributed by atoms with E-state index >= 15 is 0 Å². The minimum absolute atomic E-state index is 0.0905. The Kier molecular flexibility index (Phi) is 3.55. The van der Waals surface area contributed by atoms with Gasteiger partial charge >= 0.3 is 0 Å². The molecule has 1 aromatic carbocycles. The van der Waals surface area contributed by atoms with Crippen LogP contribution in [0.2, 0.25) is 0 Å². The van der Waals surface area contributed by atoms with Crippen LogP contribution in [0.1, 0.15) is 44.6 Å². The van der Waals surface area contributed by atoms with Crippen LogP contribution in [-0.4, -0.2) is 18.5 Å². The molecule has 2 aliphatic rings. The van der Waals surface area contributed by atoms with E-state index in [9.17, 15) is 4.79 Å². The van der Waals surface area contributed by atoms with E-state index in [0.717, 1.165) is 30.0 Å². The molecule has 1 saturated heterocycles.